The minimum Gasteiger partial charge on any atom is -0.310 e. The van der Waals surface area contributed by atoms with Crippen LogP contribution in [0.25, 0.3) is 64.0 Å². The van der Waals surface area contributed by atoms with Crippen molar-refractivity contribution in [2.45, 2.75) is 19.3 Å². The summed E-state index contributed by atoms with van der Waals surface area (Å²) in [7, 11) is 0. The summed E-state index contributed by atoms with van der Waals surface area (Å²) < 4.78 is 2.66. The van der Waals surface area contributed by atoms with Crippen LogP contribution in [0.2, 0.25) is 0 Å². The van der Waals surface area contributed by atoms with Crippen LogP contribution in [0.3, 0.4) is 0 Å². The zero-order valence-corrected chi connectivity index (χ0v) is 28.3. The Labute approximate surface area is 290 Å². The molecule has 0 unspecified atom stereocenters. The van der Waals surface area contributed by atoms with Crippen molar-refractivity contribution in [3.8, 4) is 22.3 Å². The quantitative estimate of drug-likeness (QED) is 0.184. The lowest BCUT2D eigenvalue weighted by Crippen LogP contribution is -2.15. The van der Waals surface area contributed by atoms with Crippen LogP contribution in [-0.2, 0) is 5.41 Å². The highest BCUT2D eigenvalue weighted by molar-refractivity contribution is 7.25. The topological polar surface area (TPSA) is 3.24 Å². The van der Waals surface area contributed by atoms with E-state index in [2.05, 4.69) is 183 Å². The first kappa shape index (κ1) is 28.3. The van der Waals surface area contributed by atoms with Gasteiger partial charge < -0.3 is 4.90 Å². The van der Waals surface area contributed by atoms with Gasteiger partial charge in [-0.25, -0.2) is 0 Å². The van der Waals surface area contributed by atoms with Crippen molar-refractivity contribution >= 4 is 70.1 Å². The fourth-order valence-electron chi connectivity index (χ4n) is 8.08. The van der Waals surface area contributed by atoms with Gasteiger partial charge in [0.15, 0.2) is 0 Å². The average molecular weight is 644 g/mol. The van der Waals surface area contributed by atoms with Gasteiger partial charge in [0.25, 0.3) is 0 Å². The first-order valence-corrected chi connectivity index (χ1v) is 17.8. The summed E-state index contributed by atoms with van der Waals surface area (Å²) in [5, 5.41) is 7.69. The second-order valence-corrected chi connectivity index (χ2v) is 14.9. The fourth-order valence-corrected chi connectivity index (χ4v) is 9.22. The molecule has 0 spiro atoms. The summed E-state index contributed by atoms with van der Waals surface area (Å²) in [5.74, 6) is 0. The van der Waals surface area contributed by atoms with Gasteiger partial charge in [0.2, 0.25) is 0 Å². The number of rotatable bonds is 4. The molecule has 2 heteroatoms. The molecular formula is C47H33NS. The van der Waals surface area contributed by atoms with Gasteiger partial charge in [0.1, 0.15) is 0 Å². The van der Waals surface area contributed by atoms with E-state index in [0.717, 1.165) is 17.1 Å². The summed E-state index contributed by atoms with van der Waals surface area (Å²) in [6.45, 7) is 4.69. The van der Waals surface area contributed by atoms with Gasteiger partial charge in [0.05, 0.1) is 0 Å². The van der Waals surface area contributed by atoms with E-state index in [1.165, 1.54) is 75.1 Å². The second kappa shape index (κ2) is 10.7. The zero-order chi connectivity index (χ0) is 32.7. The molecule has 1 nitrogen and oxygen atoms in total. The SMILES string of the molecule is CC1(C)c2ccccc2-c2cc(N(c3cccc(-c4ccc5ccccc5c4)c3)c3ccc4cc5c(cc4c3)sc3ccccc35)ccc21. The molecule has 49 heavy (non-hydrogen) atoms. The molecule has 0 saturated carbocycles. The van der Waals surface area contributed by atoms with Crippen molar-refractivity contribution in [1.82, 2.24) is 0 Å². The van der Waals surface area contributed by atoms with Crippen molar-refractivity contribution in [2.24, 2.45) is 0 Å². The Morgan fingerprint density at radius 3 is 2.04 bits per heavy atom. The minimum atomic E-state index is -0.0378. The lowest BCUT2D eigenvalue weighted by Gasteiger charge is -2.28. The van der Waals surface area contributed by atoms with Crippen LogP contribution in [-0.4, -0.2) is 0 Å². The predicted molar refractivity (Wildman–Crippen MR) is 212 cm³/mol. The molecule has 0 amide bonds. The normalized spacial score (nSPS) is 13.3. The summed E-state index contributed by atoms with van der Waals surface area (Å²) in [4.78, 5) is 2.44. The molecule has 0 bridgehead atoms. The summed E-state index contributed by atoms with van der Waals surface area (Å²) in [6, 6.07) is 60.8. The standard InChI is InChI=1S/C47H33NS/c1-47(2)43-16-7-5-14-39(43)41-29-38(22-23-44(41)47)48(36-13-9-12-32(25-36)33-19-18-30-10-3-4-11-31(30)24-33)37-21-20-34-27-42-40-15-6-8-17-45(40)49-46(42)28-35(34)26-37/h3-29H,1-2H3. The number of hydrogen-bond donors (Lipinski definition) is 0. The molecule has 1 aliphatic rings. The maximum absolute atomic E-state index is 2.44. The van der Waals surface area contributed by atoms with E-state index in [0.29, 0.717) is 0 Å². The monoisotopic (exact) mass is 643 g/mol. The lowest BCUT2D eigenvalue weighted by atomic mass is 9.82. The highest BCUT2D eigenvalue weighted by Gasteiger charge is 2.35. The smallest absolute Gasteiger partial charge is 0.0468 e. The Morgan fingerprint density at radius 1 is 0.408 bits per heavy atom. The first-order chi connectivity index (χ1) is 24.0. The molecule has 1 heterocycles. The molecule has 9 aromatic rings. The Morgan fingerprint density at radius 2 is 1.10 bits per heavy atom. The van der Waals surface area contributed by atoms with E-state index >= 15 is 0 Å². The average Bonchev–Trinajstić information content (AvgIpc) is 3.61. The van der Waals surface area contributed by atoms with Crippen molar-refractivity contribution < 1.29 is 0 Å². The van der Waals surface area contributed by atoms with Gasteiger partial charge in [-0.3, -0.25) is 0 Å². The molecule has 0 atom stereocenters. The maximum Gasteiger partial charge on any atom is 0.0468 e. The van der Waals surface area contributed by atoms with Crippen LogP contribution in [0.4, 0.5) is 17.1 Å². The molecule has 10 rings (SSSR count). The molecule has 0 saturated heterocycles. The largest absolute Gasteiger partial charge is 0.310 e. The second-order valence-electron chi connectivity index (χ2n) is 13.8. The maximum atomic E-state index is 2.44. The Hall–Kier alpha value is -5.70. The van der Waals surface area contributed by atoms with Crippen molar-refractivity contribution in [3.63, 3.8) is 0 Å². The van der Waals surface area contributed by atoms with Crippen LogP contribution in [0.5, 0.6) is 0 Å². The molecule has 232 valence electrons. The highest BCUT2D eigenvalue weighted by Crippen LogP contribution is 2.51. The van der Waals surface area contributed by atoms with Crippen LogP contribution in [0.1, 0.15) is 25.0 Å². The number of thiophene rings is 1. The van der Waals surface area contributed by atoms with Crippen molar-refractivity contribution in [2.75, 3.05) is 4.90 Å². The van der Waals surface area contributed by atoms with E-state index in [1.807, 2.05) is 11.3 Å². The third-order valence-electron chi connectivity index (χ3n) is 10.6. The molecule has 8 aromatic carbocycles. The summed E-state index contributed by atoms with van der Waals surface area (Å²) in [5.41, 5.74) is 11.3. The third-order valence-corrected chi connectivity index (χ3v) is 11.7. The van der Waals surface area contributed by atoms with E-state index < -0.39 is 0 Å². The van der Waals surface area contributed by atoms with Gasteiger partial charge in [-0.1, -0.05) is 117 Å². The van der Waals surface area contributed by atoms with Crippen LogP contribution in [0, 0.1) is 0 Å². The van der Waals surface area contributed by atoms with Crippen LogP contribution >= 0.6 is 11.3 Å². The number of benzene rings is 8. The van der Waals surface area contributed by atoms with Crippen molar-refractivity contribution in [1.29, 1.82) is 0 Å². The first-order valence-electron chi connectivity index (χ1n) is 17.0. The summed E-state index contributed by atoms with van der Waals surface area (Å²) >= 11 is 1.88. The van der Waals surface area contributed by atoms with Gasteiger partial charge in [-0.2, -0.15) is 0 Å². The van der Waals surface area contributed by atoms with E-state index in [9.17, 15) is 0 Å². The Balaban J connectivity index is 1.17. The number of fused-ring (bicyclic) bond motifs is 8. The van der Waals surface area contributed by atoms with Crippen LogP contribution in [0.15, 0.2) is 164 Å². The Kier molecular flexibility index (Phi) is 6.16. The molecule has 0 N–H and O–H groups in total. The highest BCUT2D eigenvalue weighted by atomic mass is 32.1. The van der Waals surface area contributed by atoms with Gasteiger partial charge in [-0.15, -0.1) is 11.3 Å². The molecule has 0 aliphatic heterocycles. The minimum absolute atomic E-state index is 0.0378. The molecule has 0 fully saturated rings. The Bertz CT molecular complexity index is 2770. The third kappa shape index (κ3) is 4.45. The van der Waals surface area contributed by atoms with E-state index in [-0.39, 0.29) is 5.41 Å². The van der Waals surface area contributed by atoms with Gasteiger partial charge in [-0.05, 0) is 116 Å². The van der Waals surface area contributed by atoms with Gasteiger partial charge >= 0.3 is 0 Å². The molecule has 0 radical (unpaired) electrons. The fraction of sp³-hybridized carbons (Fsp3) is 0.0638. The van der Waals surface area contributed by atoms with E-state index in [1.54, 1.807) is 0 Å². The lowest BCUT2D eigenvalue weighted by molar-refractivity contribution is 0.660. The van der Waals surface area contributed by atoms with Gasteiger partial charge in [0, 0.05) is 42.6 Å². The predicted octanol–water partition coefficient (Wildman–Crippen LogP) is 13.8. The molecular weight excluding hydrogens is 611 g/mol. The number of hydrogen-bond acceptors (Lipinski definition) is 2. The summed E-state index contributed by atoms with van der Waals surface area (Å²) in [6.07, 6.45) is 0. The molecule has 1 aliphatic carbocycles. The number of anilines is 3. The van der Waals surface area contributed by atoms with Crippen molar-refractivity contribution in [3.05, 3.63) is 175 Å². The van der Waals surface area contributed by atoms with Crippen LogP contribution < -0.4 is 4.90 Å². The van der Waals surface area contributed by atoms with E-state index in [4.69, 9.17) is 0 Å². The molecule has 1 aromatic heterocycles. The zero-order valence-electron chi connectivity index (χ0n) is 27.4. The number of nitrogens with zero attached hydrogens (tertiary/aromatic N) is 1.